The quantitative estimate of drug-likeness (QED) is 0.805. The van der Waals surface area contributed by atoms with Crippen LogP contribution < -0.4 is 11.1 Å². The van der Waals surface area contributed by atoms with Crippen molar-refractivity contribution in [3.63, 3.8) is 0 Å². The third kappa shape index (κ3) is 4.94. The van der Waals surface area contributed by atoms with Gasteiger partial charge in [0.25, 0.3) is 0 Å². The van der Waals surface area contributed by atoms with E-state index in [4.69, 9.17) is 10.5 Å². The molecule has 0 heterocycles. The summed E-state index contributed by atoms with van der Waals surface area (Å²) in [5.74, 6) is 0.0189. The number of carbonyl (C=O) groups is 1. The van der Waals surface area contributed by atoms with Gasteiger partial charge in [0, 0.05) is 12.1 Å². The van der Waals surface area contributed by atoms with E-state index in [0.717, 1.165) is 17.7 Å². The zero-order valence-corrected chi connectivity index (χ0v) is 11.9. The van der Waals surface area contributed by atoms with Crippen molar-refractivity contribution >= 4 is 11.6 Å². The summed E-state index contributed by atoms with van der Waals surface area (Å²) >= 11 is 0. The predicted molar refractivity (Wildman–Crippen MR) is 80.4 cm³/mol. The lowest BCUT2D eigenvalue weighted by molar-refractivity contribution is -0.116. The molecule has 3 N–H and O–H groups in total. The van der Waals surface area contributed by atoms with Crippen molar-refractivity contribution in [3.8, 4) is 0 Å². The minimum Gasteiger partial charge on any atom is -0.374 e. The Bertz CT molecular complexity index is 411. The van der Waals surface area contributed by atoms with Gasteiger partial charge in [-0.1, -0.05) is 25.0 Å². The van der Waals surface area contributed by atoms with Crippen molar-refractivity contribution in [1.29, 1.82) is 0 Å². The molecule has 4 nitrogen and oxygen atoms in total. The summed E-state index contributed by atoms with van der Waals surface area (Å²) < 4.78 is 5.86. The normalized spacial score (nSPS) is 15.4. The molecule has 110 valence electrons. The Balaban J connectivity index is 1.75. The lowest BCUT2D eigenvalue weighted by Gasteiger charge is -2.11. The Kier molecular flexibility index (Phi) is 6.02. The van der Waals surface area contributed by atoms with Gasteiger partial charge in [0.1, 0.15) is 0 Å². The van der Waals surface area contributed by atoms with E-state index in [1.807, 2.05) is 24.3 Å². The van der Waals surface area contributed by atoms with Crippen LogP contribution in [0.4, 0.5) is 5.69 Å². The molecule has 0 saturated heterocycles. The standard InChI is InChI=1S/C16H24N2O2/c17-11-3-6-16(19)18-14-9-7-13(8-10-14)12-20-15-4-1-2-5-15/h7-10,15H,1-6,11-12,17H2,(H,18,19). The van der Waals surface area contributed by atoms with Crippen LogP contribution in [0.5, 0.6) is 0 Å². The van der Waals surface area contributed by atoms with Gasteiger partial charge in [-0.05, 0) is 43.5 Å². The van der Waals surface area contributed by atoms with Crippen molar-refractivity contribution in [3.05, 3.63) is 29.8 Å². The Morgan fingerprint density at radius 1 is 1.25 bits per heavy atom. The number of carbonyl (C=O) groups excluding carboxylic acids is 1. The van der Waals surface area contributed by atoms with Gasteiger partial charge in [-0.15, -0.1) is 0 Å². The summed E-state index contributed by atoms with van der Waals surface area (Å²) in [5.41, 5.74) is 7.36. The summed E-state index contributed by atoms with van der Waals surface area (Å²) in [6.45, 7) is 1.21. The monoisotopic (exact) mass is 276 g/mol. The second kappa shape index (κ2) is 8.02. The van der Waals surface area contributed by atoms with Crippen molar-refractivity contribution in [1.82, 2.24) is 0 Å². The van der Waals surface area contributed by atoms with Crippen LogP contribution in [-0.4, -0.2) is 18.6 Å². The molecule has 4 heteroatoms. The predicted octanol–water partition coefficient (Wildman–Crippen LogP) is 2.82. The molecule has 1 saturated carbocycles. The summed E-state index contributed by atoms with van der Waals surface area (Å²) in [5, 5.41) is 2.87. The van der Waals surface area contributed by atoms with Crippen LogP contribution in [0.25, 0.3) is 0 Å². The Hall–Kier alpha value is -1.39. The molecule has 20 heavy (non-hydrogen) atoms. The van der Waals surface area contributed by atoms with E-state index in [-0.39, 0.29) is 5.91 Å². The lowest BCUT2D eigenvalue weighted by Crippen LogP contribution is -2.13. The van der Waals surface area contributed by atoms with Crippen molar-refractivity contribution in [2.75, 3.05) is 11.9 Å². The molecule has 1 fully saturated rings. The number of benzene rings is 1. The van der Waals surface area contributed by atoms with Crippen LogP contribution in [0.15, 0.2) is 24.3 Å². The average Bonchev–Trinajstić information content (AvgIpc) is 2.98. The third-order valence-electron chi connectivity index (χ3n) is 3.63. The Morgan fingerprint density at radius 3 is 2.60 bits per heavy atom. The molecule has 1 aromatic rings. The molecule has 1 aliphatic carbocycles. The van der Waals surface area contributed by atoms with E-state index in [2.05, 4.69) is 5.32 Å². The van der Waals surface area contributed by atoms with Crippen LogP contribution in [-0.2, 0) is 16.1 Å². The molecule has 0 unspecified atom stereocenters. The minimum absolute atomic E-state index is 0.0189. The zero-order chi connectivity index (χ0) is 14.2. The zero-order valence-electron chi connectivity index (χ0n) is 11.9. The highest BCUT2D eigenvalue weighted by Gasteiger charge is 2.15. The fourth-order valence-corrected chi connectivity index (χ4v) is 2.44. The topological polar surface area (TPSA) is 64.4 Å². The molecule has 2 rings (SSSR count). The van der Waals surface area contributed by atoms with E-state index < -0.39 is 0 Å². The van der Waals surface area contributed by atoms with Crippen molar-refractivity contribution < 1.29 is 9.53 Å². The highest BCUT2D eigenvalue weighted by Crippen LogP contribution is 2.22. The molecule has 0 spiro atoms. The van der Waals surface area contributed by atoms with E-state index in [1.165, 1.54) is 25.7 Å². The first kappa shape index (κ1) is 15.0. The first-order valence-corrected chi connectivity index (χ1v) is 7.48. The van der Waals surface area contributed by atoms with Gasteiger partial charge >= 0.3 is 0 Å². The van der Waals surface area contributed by atoms with Gasteiger partial charge in [-0.2, -0.15) is 0 Å². The fourth-order valence-electron chi connectivity index (χ4n) is 2.44. The number of ether oxygens (including phenoxy) is 1. The number of nitrogens with one attached hydrogen (secondary N) is 1. The molecule has 0 aliphatic heterocycles. The summed E-state index contributed by atoms with van der Waals surface area (Å²) in [6, 6.07) is 7.86. The lowest BCUT2D eigenvalue weighted by atomic mass is 10.2. The second-order valence-electron chi connectivity index (χ2n) is 5.35. The number of amides is 1. The number of nitrogens with two attached hydrogens (primary N) is 1. The van der Waals surface area contributed by atoms with Gasteiger partial charge in [-0.25, -0.2) is 0 Å². The summed E-state index contributed by atoms with van der Waals surface area (Å²) in [6.07, 6.45) is 6.59. The van der Waals surface area contributed by atoms with Crippen LogP contribution in [0.2, 0.25) is 0 Å². The molecular formula is C16H24N2O2. The maximum absolute atomic E-state index is 11.6. The molecule has 0 aromatic heterocycles. The average molecular weight is 276 g/mol. The first-order chi connectivity index (χ1) is 9.78. The number of anilines is 1. The third-order valence-corrected chi connectivity index (χ3v) is 3.63. The van der Waals surface area contributed by atoms with Gasteiger partial charge in [0.05, 0.1) is 12.7 Å². The maximum Gasteiger partial charge on any atom is 0.224 e. The fraction of sp³-hybridized carbons (Fsp3) is 0.562. The van der Waals surface area contributed by atoms with E-state index in [9.17, 15) is 4.79 Å². The van der Waals surface area contributed by atoms with Crippen LogP contribution in [0, 0.1) is 0 Å². The molecular weight excluding hydrogens is 252 g/mol. The Labute approximate surface area is 120 Å². The van der Waals surface area contributed by atoms with Gasteiger partial charge in [0.15, 0.2) is 0 Å². The van der Waals surface area contributed by atoms with Gasteiger partial charge < -0.3 is 15.8 Å². The highest BCUT2D eigenvalue weighted by molar-refractivity contribution is 5.90. The van der Waals surface area contributed by atoms with E-state index >= 15 is 0 Å². The van der Waals surface area contributed by atoms with E-state index in [0.29, 0.717) is 25.7 Å². The first-order valence-electron chi connectivity index (χ1n) is 7.48. The van der Waals surface area contributed by atoms with Crippen molar-refractivity contribution in [2.24, 2.45) is 5.73 Å². The smallest absolute Gasteiger partial charge is 0.224 e. The SMILES string of the molecule is NCCCC(=O)Nc1ccc(COC2CCCC2)cc1. The number of hydrogen-bond acceptors (Lipinski definition) is 3. The summed E-state index contributed by atoms with van der Waals surface area (Å²) in [7, 11) is 0. The summed E-state index contributed by atoms with van der Waals surface area (Å²) in [4.78, 5) is 11.6. The Morgan fingerprint density at radius 2 is 1.95 bits per heavy atom. The van der Waals surface area contributed by atoms with Gasteiger partial charge in [-0.3, -0.25) is 4.79 Å². The molecule has 1 aliphatic rings. The van der Waals surface area contributed by atoms with Crippen LogP contribution in [0.3, 0.4) is 0 Å². The highest BCUT2D eigenvalue weighted by atomic mass is 16.5. The van der Waals surface area contributed by atoms with Crippen LogP contribution >= 0.6 is 0 Å². The molecule has 1 amide bonds. The van der Waals surface area contributed by atoms with Gasteiger partial charge in [0.2, 0.25) is 5.91 Å². The largest absolute Gasteiger partial charge is 0.374 e. The molecule has 0 atom stereocenters. The van der Waals surface area contributed by atoms with Crippen LogP contribution in [0.1, 0.15) is 44.1 Å². The minimum atomic E-state index is 0.0189. The molecule has 0 bridgehead atoms. The molecule has 0 radical (unpaired) electrons. The second-order valence-corrected chi connectivity index (χ2v) is 5.35. The molecule has 1 aromatic carbocycles. The number of rotatable bonds is 7. The van der Waals surface area contributed by atoms with Crippen molar-refractivity contribution in [2.45, 2.75) is 51.2 Å². The van der Waals surface area contributed by atoms with E-state index in [1.54, 1.807) is 0 Å². The number of hydrogen-bond donors (Lipinski definition) is 2. The maximum atomic E-state index is 11.6.